The Labute approximate surface area is 129 Å². The van der Waals surface area contributed by atoms with Crippen LogP contribution in [0.4, 0.5) is 34.6 Å². The number of anilines is 2. The van der Waals surface area contributed by atoms with E-state index < -0.39 is 17.6 Å². The standard InChI is InChI=1S/C14H9F4N3.ClH/c15-8-2-4-11-12(6-8)21-13(19)9-5-7(14(16,17)18)1-3-10(9)20-11;/h1-6,20H,(H2,19,21);1H. The molecule has 8 heteroatoms. The van der Waals surface area contributed by atoms with Gasteiger partial charge in [0, 0.05) is 17.3 Å². The van der Waals surface area contributed by atoms with Gasteiger partial charge in [0.25, 0.3) is 0 Å². The fraction of sp³-hybridized carbons (Fsp3) is 0.0714. The summed E-state index contributed by atoms with van der Waals surface area (Å²) in [6.07, 6.45) is -4.47. The highest BCUT2D eigenvalue weighted by atomic mass is 35.5. The molecule has 3 N–H and O–H groups in total. The topological polar surface area (TPSA) is 50.4 Å². The van der Waals surface area contributed by atoms with Crippen LogP contribution < -0.4 is 11.1 Å². The van der Waals surface area contributed by atoms with Gasteiger partial charge in [-0.3, -0.25) is 0 Å². The van der Waals surface area contributed by atoms with Gasteiger partial charge in [-0.2, -0.15) is 13.2 Å². The number of benzene rings is 2. The third-order valence-electron chi connectivity index (χ3n) is 3.09. The predicted octanol–water partition coefficient (Wildman–Crippen LogP) is 4.36. The molecule has 116 valence electrons. The number of fused-ring (bicyclic) bond motifs is 2. The molecule has 0 saturated heterocycles. The molecule has 2 aromatic rings. The summed E-state index contributed by atoms with van der Waals surface area (Å²) in [5.41, 5.74) is 6.14. The van der Waals surface area contributed by atoms with Gasteiger partial charge >= 0.3 is 6.18 Å². The zero-order chi connectivity index (χ0) is 15.2. The van der Waals surface area contributed by atoms with Crippen molar-refractivity contribution in [3.8, 4) is 0 Å². The van der Waals surface area contributed by atoms with E-state index in [2.05, 4.69) is 10.3 Å². The zero-order valence-electron chi connectivity index (χ0n) is 10.9. The Morgan fingerprint density at radius 3 is 2.36 bits per heavy atom. The molecule has 22 heavy (non-hydrogen) atoms. The third kappa shape index (κ3) is 2.85. The van der Waals surface area contributed by atoms with Crippen LogP contribution in [0.5, 0.6) is 0 Å². The fourth-order valence-corrected chi connectivity index (χ4v) is 2.08. The number of hydrogen-bond acceptors (Lipinski definition) is 3. The van der Waals surface area contributed by atoms with E-state index in [0.717, 1.165) is 18.2 Å². The molecule has 3 nitrogen and oxygen atoms in total. The minimum Gasteiger partial charge on any atom is -0.383 e. The number of hydrogen-bond donors (Lipinski definition) is 2. The Hall–Kier alpha value is -2.28. The van der Waals surface area contributed by atoms with E-state index in [4.69, 9.17) is 5.73 Å². The first-order valence-electron chi connectivity index (χ1n) is 5.97. The van der Waals surface area contributed by atoms with Gasteiger partial charge in [-0.1, -0.05) is 0 Å². The van der Waals surface area contributed by atoms with E-state index in [9.17, 15) is 17.6 Å². The van der Waals surface area contributed by atoms with Crippen LogP contribution in [0.2, 0.25) is 0 Å². The lowest BCUT2D eigenvalue weighted by Crippen LogP contribution is -2.15. The molecule has 0 unspecified atom stereocenters. The number of alkyl halides is 3. The molecule has 0 amide bonds. The number of aliphatic imine (C=N–C) groups is 1. The average Bonchev–Trinajstić information content (AvgIpc) is 2.53. The van der Waals surface area contributed by atoms with E-state index in [-0.39, 0.29) is 29.5 Å². The van der Waals surface area contributed by atoms with Crippen LogP contribution in [0.25, 0.3) is 0 Å². The summed E-state index contributed by atoms with van der Waals surface area (Å²) in [6, 6.07) is 6.99. The van der Waals surface area contributed by atoms with Gasteiger partial charge in [-0.25, -0.2) is 9.38 Å². The van der Waals surface area contributed by atoms with Gasteiger partial charge < -0.3 is 11.1 Å². The van der Waals surface area contributed by atoms with Crippen molar-refractivity contribution in [2.45, 2.75) is 6.18 Å². The van der Waals surface area contributed by atoms with Crippen LogP contribution in [0.1, 0.15) is 11.1 Å². The molecule has 1 aliphatic rings. The van der Waals surface area contributed by atoms with E-state index in [1.165, 1.54) is 18.2 Å². The lowest BCUT2D eigenvalue weighted by Gasteiger charge is -2.12. The highest BCUT2D eigenvalue weighted by Gasteiger charge is 2.31. The quantitative estimate of drug-likeness (QED) is 0.705. The first-order chi connectivity index (χ1) is 9.84. The lowest BCUT2D eigenvalue weighted by molar-refractivity contribution is -0.137. The molecule has 0 aliphatic carbocycles. The van der Waals surface area contributed by atoms with Crippen LogP contribution in [-0.4, -0.2) is 5.84 Å². The second kappa shape index (κ2) is 5.49. The molecule has 3 rings (SSSR count). The van der Waals surface area contributed by atoms with Crippen LogP contribution in [-0.2, 0) is 6.18 Å². The number of nitrogens with two attached hydrogens (primary N) is 1. The molecule has 1 heterocycles. The number of amidine groups is 1. The Kier molecular flexibility index (Phi) is 4.02. The van der Waals surface area contributed by atoms with Crippen molar-refractivity contribution in [3.63, 3.8) is 0 Å². The Balaban J connectivity index is 0.00000176. The van der Waals surface area contributed by atoms with Crippen LogP contribution in [0.3, 0.4) is 0 Å². The smallest absolute Gasteiger partial charge is 0.383 e. The summed E-state index contributed by atoms with van der Waals surface area (Å²) in [6.45, 7) is 0. The van der Waals surface area contributed by atoms with E-state index in [0.29, 0.717) is 11.4 Å². The zero-order valence-corrected chi connectivity index (χ0v) is 11.7. The van der Waals surface area contributed by atoms with Crippen molar-refractivity contribution in [3.05, 3.63) is 53.3 Å². The van der Waals surface area contributed by atoms with Crippen LogP contribution in [0.15, 0.2) is 41.4 Å². The monoisotopic (exact) mass is 331 g/mol. The first kappa shape index (κ1) is 16.1. The van der Waals surface area contributed by atoms with Crippen molar-refractivity contribution >= 4 is 35.3 Å². The van der Waals surface area contributed by atoms with Gasteiger partial charge in [0.15, 0.2) is 0 Å². The molecule has 2 aromatic carbocycles. The van der Waals surface area contributed by atoms with Gasteiger partial charge in [0.1, 0.15) is 11.7 Å². The number of rotatable bonds is 0. The van der Waals surface area contributed by atoms with Crippen LogP contribution in [0, 0.1) is 5.82 Å². The second-order valence-corrected chi connectivity index (χ2v) is 4.54. The molecular weight excluding hydrogens is 322 g/mol. The van der Waals surface area contributed by atoms with Crippen molar-refractivity contribution in [2.24, 2.45) is 10.7 Å². The SMILES string of the molecule is Cl.NC1=Nc2cc(F)ccc2Nc2ccc(C(F)(F)F)cc21. The molecule has 0 spiro atoms. The minimum absolute atomic E-state index is 0. The Morgan fingerprint density at radius 1 is 1.00 bits per heavy atom. The second-order valence-electron chi connectivity index (χ2n) is 4.54. The molecule has 0 atom stereocenters. The highest BCUT2D eigenvalue weighted by Crippen LogP contribution is 2.37. The van der Waals surface area contributed by atoms with Crippen molar-refractivity contribution in [2.75, 3.05) is 5.32 Å². The maximum absolute atomic E-state index is 13.2. The summed E-state index contributed by atoms with van der Waals surface area (Å²) in [7, 11) is 0. The minimum atomic E-state index is -4.47. The average molecular weight is 332 g/mol. The molecule has 0 bridgehead atoms. The van der Waals surface area contributed by atoms with Gasteiger partial charge in [0.05, 0.1) is 16.9 Å². The predicted molar refractivity (Wildman–Crippen MR) is 78.8 cm³/mol. The molecule has 0 fully saturated rings. The van der Waals surface area contributed by atoms with Crippen molar-refractivity contribution in [1.29, 1.82) is 0 Å². The third-order valence-corrected chi connectivity index (χ3v) is 3.09. The number of nitrogens with one attached hydrogen (secondary N) is 1. The highest BCUT2D eigenvalue weighted by molar-refractivity contribution is 6.06. The van der Waals surface area contributed by atoms with E-state index in [1.54, 1.807) is 0 Å². The number of nitrogens with zero attached hydrogens (tertiary/aromatic N) is 1. The van der Waals surface area contributed by atoms with Crippen molar-refractivity contribution in [1.82, 2.24) is 0 Å². The first-order valence-corrected chi connectivity index (χ1v) is 5.97. The summed E-state index contributed by atoms with van der Waals surface area (Å²) in [5, 5.41) is 2.91. The molecular formula is C14H10ClF4N3. The van der Waals surface area contributed by atoms with Gasteiger partial charge in [-0.05, 0) is 30.3 Å². The summed E-state index contributed by atoms with van der Waals surface area (Å²) >= 11 is 0. The summed E-state index contributed by atoms with van der Waals surface area (Å²) in [5.74, 6) is -0.609. The molecule has 0 aromatic heterocycles. The maximum Gasteiger partial charge on any atom is 0.416 e. The van der Waals surface area contributed by atoms with Gasteiger partial charge in [0.2, 0.25) is 0 Å². The molecule has 1 aliphatic heterocycles. The normalized spacial score (nSPS) is 13.0. The van der Waals surface area contributed by atoms with Gasteiger partial charge in [-0.15, -0.1) is 12.4 Å². The molecule has 0 saturated carbocycles. The number of halogens is 5. The van der Waals surface area contributed by atoms with E-state index in [1.807, 2.05) is 0 Å². The van der Waals surface area contributed by atoms with Crippen LogP contribution >= 0.6 is 12.4 Å². The fourth-order valence-electron chi connectivity index (χ4n) is 2.08. The summed E-state index contributed by atoms with van der Waals surface area (Å²) in [4.78, 5) is 3.99. The van der Waals surface area contributed by atoms with Crippen molar-refractivity contribution < 1.29 is 17.6 Å². The summed E-state index contributed by atoms with van der Waals surface area (Å²) < 4.78 is 51.5. The Bertz CT molecular complexity index is 756. The lowest BCUT2D eigenvalue weighted by atomic mass is 10.1. The maximum atomic E-state index is 13.2. The van der Waals surface area contributed by atoms with E-state index >= 15 is 0 Å². The largest absolute Gasteiger partial charge is 0.416 e. The Morgan fingerprint density at radius 2 is 1.68 bits per heavy atom. The molecule has 0 radical (unpaired) electrons.